The quantitative estimate of drug-likeness (QED) is 0.907. The number of nitrogens with one attached hydrogen (secondary N) is 1. The second kappa shape index (κ2) is 5.55. The molecule has 1 aliphatic heterocycles. The van der Waals surface area contributed by atoms with Gasteiger partial charge in [-0.3, -0.25) is 9.89 Å². The summed E-state index contributed by atoms with van der Waals surface area (Å²) < 4.78 is 0. The summed E-state index contributed by atoms with van der Waals surface area (Å²) in [6.07, 6.45) is 1.36. The Morgan fingerprint density at radius 1 is 1.29 bits per heavy atom. The first-order valence-electron chi connectivity index (χ1n) is 7.13. The predicted molar refractivity (Wildman–Crippen MR) is 80.3 cm³/mol. The van der Waals surface area contributed by atoms with Gasteiger partial charge in [-0.05, 0) is 26.0 Å². The van der Waals surface area contributed by atoms with Crippen molar-refractivity contribution in [2.75, 3.05) is 24.5 Å². The van der Waals surface area contributed by atoms with E-state index in [1.54, 1.807) is 0 Å². The van der Waals surface area contributed by atoms with Gasteiger partial charge in [-0.1, -0.05) is 17.7 Å². The number of rotatable bonds is 2. The molecule has 1 saturated heterocycles. The van der Waals surface area contributed by atoms with E-state index in [2.05, 4.69) is 58.2 Å². The molecule has 1 amide bonds. The molecule has 21 heavy (non-hydrogen) atoms. The minimum atomic E-state index is -0.0800. The molecular weight excluding hydrogens is 266 g/mol. The van der Waals surface area contributed by atoms with Crippen LogP contribution in [0, 0.1) is 6.92 Å². The molecule has 1 aliphatic rings. The summed E-state index contributed by atoms with van der Waals surface area (Å²) in [4.78, 5) is 20.4. The Morgan fingerprint density at radius 3 is 2.67 bits per heavy atom. The van der Waals surface area contributed by atoms with E-state index in [1.807, 2.05) is 4.90 Å². The fourth-order valence-electron chi connectivity index (χ4n) is 2.69. The van der Waals surface area contributed by atoms with Crippen molar-refractivity contribution in [2.24, 2.45) is 0 Å². The summed E-state index contributed by atoms with van der Waals surface area (Å²) in [7, 11) is 0. The lowest BCUT2D eigenvalue weighted by Crippen LogP contribution is -2.54. The molecule has 0 spiro atoms. The predicted octanol–water partition coefficient (Wildman–Crippen LogP) is 1.46. The van der Waals surface area contributed by atoms with Crippen molar-refractivity contribution >= 4 is 11.6 Å². The number of benzene rings is 1. The molecule has 1 N–H and O–H groups in total. The fourth-order valence-corrected chi connectivity index (χ4v) is 2.69. The number of aromatic amines is 1. The van der Waals surface area contributed by atoms with Crippen LogP contribution in [0.25, 0.3) is 0 Å². The summed E-state index contributed by atoms with van der Waals surface area (Å²) >= 11 is 0. The van der Waals surface area contributed by atoms with E-state index in [-0.39, 0.29) is 11.9 Å². The van der Waals surface area contributed by atoms with Crippen molar-refractivity contribution in [3.05, 3.63) is 42.0 Å². The molecule has 1 fully saturated rings. The van der Waals surface area contributed by atoms with Gasteiger partial charge < -0.3 is 9.80 Å². The van der Waals surface area contributed by atoms with E-state index < -0.39 is 0 Å². The van der Waals surface area contributed by atoms with Gasteiger partial charge in [0.1, 0.15) is 6.33 Å². The molecule has 1 aromatic carbocycles. The van der Waals surface area contributed by atoms with Crippen LogP contribution in [0.15, 0.2) is 30.6 Å². The van der Waals surface area contributed by atoms with E-state index in [0.717, 1.165) is 13.1 Å². The third-order valence-electron chi connectivity index (χ3n) is 3.91. The lowest BCUT2D eigenvalue weighted by Gasteiger charge is -2.40. The second-order valence-corrected chi connectivity index (χ2v) is 5.46. The molecule has 2 heterocycles. The van der Waals surface area contributed by atoms with Gasteiger partial charge >= 0.3 is 0 Å². The SMILES string of the molecule is Cc1ccc(N2CCN(C(=O)c3ncn[nH]3)[C@H](C)C2)cc1. The molecule has 0 saturated carbocycles. The van der Waals surface area contributed by atoms with Gasteiger partial charge in [-0.25, -0.2) is 4.98 Å². The van der Waals surface area contributed by atoms with Crippen LogP contribution in [-0.4, -0.2) is 51.7 Å². The van der Waals surface area contributed by atoms with Gasteiger partial charge in [0.2, 0.25) is 5.82 Å². The third kappa shape index (κ3) is 2.74. The van der Waals surface area contributed by atoms with Crippen molar-refractivity contribution in [3.63, 3.8) is 0 Å². The number of carbonyl (C=O) groups is 1. The maximum atomic E-state index is 12.3. The van der Waals surface area contributed by atoms with Crippen LogP contribution in [0.4, 0.5) is 5.69 Å². The minimum Gasteiger partial charge on any atom is -0.368 e. The van der Waals surface area contributed by atoms with Crippen molar-refractivity contribution in [2.45, 2.75) is 19.9 Å². The van der Waals surface area contributed by atoms with Crippen LogP contribution in [0.1, 0.15) is 23.1 Å². The van der Waals surface area contributed by atoms with Crippen LogP contribution >= 0.6 is 0 Å². The minimum absolute atomic E-state index is 0.0800. The maximum Gasteiger partial charge on any atom is 0.291 e. The van der Waals surface area contributed by atoms with Gasteiger partial charge in [0, 0.05) is 31.4 Å². The Morgan fingerprint density at radius 2 is 2.05 bits per heavy atom. The van der Waals surface area contributed by atoms with Gasteiger partial charge in [-0.15, -0.1) is 0 Å². The van der Waals surface area contributed by atoms with Crippen molar-refractivity contribution in [1.82, 2.24) is 20.1 Å². The fraction of sp³-hybridized carbons (Fsp3) is 0.400. The number of carbonyl (C=O) groups excluding carboxylic acids is 1. The van der Waals surface area contributed by atoms with Crippen molar-refractivity contribution in [1.29, 1.82) is 0 Å². The standard InChI is InChI=1S/C15H19N5O/c1-11-3-5-13(6-4-11)19-7-8-20(12(2)9-19)15(21)14-16-10-17-18-14/h3-6,10,12H,7-9H2,1-2H3,(H,16,17,18)/t12-/m1/s1. The number of aromatic nitrogens is 3. The summed E-state index contributed by atoms with van der Waals surface area (Å²) in [5.41, 5.74) is 2.46. The lowest BCUT2D eigenvalue weighted by molar-refractivity contribution is 0.0662. The molecule has 1 atom stereocenters. The molecule has 1 aromatic heterocycles. The van der Waals surface area contributed by atoms with Crippen LogP contribution in [0.5, 0.6) is 0 Å². The van der Waals surface area contributed by atoms with E-state index in [0.29, 0.717) is 12.4 Å². The van der Waals surface area contributed by atoms with Crippen LogP contribution < -0.4 is 4.90 Å². The second-order valence-electron chi connectivity index (χ2n) is 5.46. The Bertz CT molecular complexity index is 608. The van der Waals surface area contributed by atoms with E-state index in [9.17, 15) is 4.79 Å². The molecule has 0 unspecified atom stereocenters. The van der Waals surface area contributed by atoms with Crippen LogP contribution in [0.2, 0.25) is 0 Å². The van der Waals surface area contributed by atoms with E-state index in [4.69, 9.17) is 0 Å². The number of hydrogen-bond acceptors (Lipinski definition) is 4. The van der Waals surface area contributed by atoms with Crippen LogP contribution in [-0.2, 0) is 0 Å². The molecule has 2 aromatic rings. The summed E-state index contributed by atoms with van der Waals surface area (Å²) in [6, 6.07) is 8.64. The zero-order chi connectivity index (χ0) is 14.8. The highest BCUT2D eigenvalue weighted by atomic mass is 16.2. The Labute approximate surface area is 123 Å². The van der Waals surface area contributed by atoms with E-state index in [1.165, 1.54) is 17.6 Å². The zero-order valence-corrected chi connectivity index (χ0v) is 12.3. The van der Waals surface area contributed by atoms with Gasteiger partial charge in [0.05, 0.1) is 0 Å². The lowest BCUT2D eigenvalue weighted by atomic mass is 10.1. The number of amides is 1. The Kier molecular flexibility index (Phi) is 3.60. The Balaban J connectivity index is 1.69. The molecule has 6 heteroatoms. The number of nitrogens with zero attached hydrogens (tertiary/aromatic N) is 4. The summed E-state index contributed by atoms with van der Waals surface area (Å²) in [5, 5.41) is 6.38. The smallest absolute Gasteiger partial charge is 0.291 e. The molecule has 3 rings (SSSR count). The molecule has 0 aliphatic carbocycles. The topological polar surface area (TPSA) is 65.1 Å². The molecule has 0 bridgehead atoms. The highest BCUT2D eigenvalue weighted by Gasteiger charge is 2.29. The first kappa shape index (κ1) is 13.6. The highest BCUT2D eigenvalue weighted by Crippen LogP contribution is 2.20. The monoisotopic (exact) mass is 285 g/mol. The average molecular weight is 285 g/mol. The highest BCUT2D eigenvalue weighted by molar-refractivity contribution is 5.90. The first-order chi connectivity index (χ1) is 10.1. The maximum absolute atomic E-state index is 12.3. The molecule has 6 nitrogen and oxygen atoms in total. The van der Waals surface area contributed by atoms with Gasteiger partial charge in [0.15, 0.2) is 0 Å². The van der Waals surface area contributed by atoms with Crippen LogP contribution in [0.3, 0.4) is 0 Å². The first-order valence-corrected chi connectivity index (χ1v) is 7.13. The largest absolute Gasteiger partial charge is 0.368 e. The molecule has 110 valence electrons. The van der Waals surface area contributed by atoms with Crippen molar-refractivity contribution < 1.29 is 4.79 Å². The number of H-pyrrole nitrogens is 1. The Hall–Kier alpha value is -2.37. The molecular formula is C15H19N5O. The summed E-state index contributed by atoms with van der Waals surface area (Å²) in [5.74, 6) is 0.231. The van der Waals surface area contributed by atoms with Gasteiger partial charge in [0.25, 0.3) is 5.91 Å². The average Bonchev–Trinajstić information content (AvgIpc) is 3.01. The van der Waals surface area contributed by atoms with Gasteiger partial charge in [-0.2, -0.15) is 5.10 Å². The normalized spacial score (nSPS) is 18.9. The number of hydrogen-bond donors (Lipinski definition) is 1. The van der Waals surface area contributed by atoms with Crippen molar-refractivity contribution in [3.8, 4) is 0 Å². The summed E-state index contributed by atoms with van der Waals surface area (Å²) in [6.45, 7) is 6.49. The molecule has 0 radical (unpaired) electrons. The zero-order valence-electron chi connectivity index (χ0n) is 12.3. The van der Waals surface area contributed by atoms with E-state index >= 15 is 0 Å². The number of anilines is 1. The number of aryl methyl sites for hydroxylation is 1. The number of piperazine rings is 1. The third-order valence-corrected chi connectivity index (χ3v) is 3.91.